The van der Waals surface area contributed by atoms with Crippen LogP contribution >= 0.6 is 0 Å². The molecular weight excluding hydrogens is 150 g/mol. The van der Waals surface area contributed by atoms with Gasteiger partial charge >= 0.3 is 0 Å². The van der Waals surface area contributed by atoms with Crippen molar-refractivity contribution in [2.24, 2.45) is 11.3 Å². The summed E-state index contributed by atoms with van der Waals surface area (Å²) in [5, 5.41) is 12.4. The van der Waals surface area contributed by atoms with Crippen LogP contribution in [0.15, 0.2) is 0 Å². The maximum atomic E-state index is 9.06. The maximum Gasteiger partial charge on any atom is 0.0636 e. The Hall–Kier alpha value is -0.0800. The first kappa shape index (κ1) is 8.52. The highest BCUT2D eigenvalue weighted by Crippen LogP contribution is 2.60. The number of rotatable bonds is 5. The van der Waals surface area contributed by atoms with Crippen molar-refractivity contribution in [2.75, 3.05) is 13.1 Å². The lowest BCUT2D eigenvalue weighted by atomic mass is 10.0. The highest BCUT2D eigenvalue weighted by atomic mass is 16.3. The van der Waals surface area contributed by atoms with E-state index in [0.717, 1.165) is 19.0 Å². The Morgan fingerprint density at radius 2 is 2.17 bits per heavy atom. The van der Waals surface area contributed by atoms with E-state index in [2.05, 4.69) is 5.32 Å². The fourth-order valence-electron chi connectivity index (χ4n) is 2.12. The Morgan fingerprint density at radius 3 is 2.58 bits per heavy atom. The number of hydrogen-bond acceptors (Lipinski definition) is 2. The van der Waals surface area contributed by atoms with Gasteiger partial charge in [-0.25, -0.2) is 0 Å². The third-order valence-corrected chi connectivity index (χ3v) is 3.25. The molecule has 2 heteroatoms. The summed E-state index contributed by atoms with van der Waals surface area (Å²) in [6, 6.07) is 0. The molecule has 0 saturated heterocycles. The van der Waals surface area contributed by atoms with Crippen molar-refractivity contribution in [2.45, 2.75) is 38.7 Å². The van der Waals surface area contributed by atoms with E-state index >= 15 is 0 Å². The van der Waals surface area contributed by atoms with Crippen LogP contribution in [0.3, 0.4) is 0 Å². The van der Waals surface area contributed by atoms with Crippen LogP contribution < -0.4 is 5.32 Å². The van der Waals surface area contributed by atoms with Gasteiger partial charge in [-0.1, -0.05) is 0 Å². The molecule has 0 aliphatic heterocycles. The average Bonchev–Trinajstić information content (AvgIpc) is 2.82. The molecule has 0 spiro atoms. The van der Waals surface area contributed by atoms with Gasteiger partial charge in [-0.15, -0.1) is 0 Å². The predicted molar refractivity (Wildman–Crippen MR) is 48.9 cm³/mol. The summed E-state index contributed by atoms with van der Waals surface area (Å²) in [6.45, 7) is 3.74. The highest BCUT2D eigenvalue weighted by molar-refractivity contribution is 5.04. The average molecular weight is 169 g/mol. The van der Waals surface area contributed by atoms with Crippen molar-refractivity contribution in [3.63, 3.8) is 0 Å². The molecule has 2 nitrogen and oxygen atoms in total. The monoisotopic (exact) mass is 169 g/mol. The van der Waals surface area contributed by atoms with E-state index in [1.165, 1.54) is 25.7 Å². The third kappa shape index (κ3) is 1.80. The second-order valence-electron chi connectivity index (χ2n) is 4.62. The molecule has 1 atom stereocenters. The van der Waals surface area contributed by atoms with Crippen molar-refractivity contribution in [1.29, 1.82) is 0 Å². The van der Waals surface area contributed by atoms with Gasteiger partial charge < -0.3 is 10.4 Å². The minimum Gasteiger partial charge on any atom is -0.392 e. The lowest BCUT2D eigenvalue weighted by Crippen LogP contribution is -2.31. The van der Waals surface area contributed by atoms with Crippen molar-refractivity contribution in [1.82, 2.24) is 5.32 Å². The van der Waals surface area contributed by atoms with Gasteiger partial charge in [0.25, 0.3) is 0 Å². The molecule has 0 aromatic rings. The molecule has 2 fully saturated rings. The fraction of sp³-hybridized carbons (Fsp3) is 1.00. The summed E-state index contributed by atoms with van der Waals surface area (Å²) in [5.41, 5.74) is 0.675. The molecular formula is C10H19NO. The van der Waals surface area contributed by atoms with E-state index in [1.807, 2.05) is 6.92 Å². The maximum absolute atomic E-state index is 9.06. The normalized spacial score (nSPS) is 28.5. The van der Waals surface area contributed by atoms with E-state index in [9.17, 15) is 0 Å². The van der Waals surface area contributed by atoms with Crippen molar-refractivity contribution >= 4 is 0 Å². The number of nitrogens with one attached hydrogen (secondary N) is 1. The van der Waals surface area contributed by atoms with Gasteiger partial charge in [0.15, 0.2) is 0 Å². The minimum absolute atomic E-state index is 0.194. The van der Waals surface area contributed by atoms with E-state index in [-0.39, 0.29) is 6.10 Å². The molecule has 0 bridgehead atoms. The number of aliphatic hydroxyl groups is 1. The molecule has 2 saturated carbocycles. The van der Waals surface area contributed by atoms with Gasteiger partial charge in [-0.05, 0) is 43.9 Å². The van der Waals surface area contributed by atoms with Crippen LogP contribution in [0.25, 0.3) is 0 Å². The molecule has 0 aromatic heterocycles. The van der Waals surface area contributed by atoms with Crippen LogP contribution in [0.1, 0.15) is 32.6 Å². The number of aliphatic hydroxyl groups excluding tert-OH is 1. The Labute approximate surface area is 74.4 Å². The third-order valence-electron chi connectivity index (χ3n) is 3.25. The van der Waals surface area contributed by atoms with Gasteiger partial charge in [-0.3, -0.25) is 0 Å². The summed E-state index contributed by atoms with van der Waals surface area (Å²) in [5.74, 6) is 1.03. The van der Waals surface area contributed by atoms with Crippen LogP contribution in [0.4, 0.5) is 0 Å². The van der Waals surface area contributed by atoms with E-state index in [1.54, 1.807) is 0 Å². The lowest BCUT2D eigenvalue weighted by molar-refractivity contribution is 0.187. The van der Waals surface area contributed by atoms with Crippen molar-refractivity contribution < 1.29 is 5.11 Å². The Morgan fingerprint density at radius 1 is 1.50 bits per heavy atom. The zero-order valence-electron chi connectivity index (χ0n) is 7.84. The van der Waals surface area contributed by atoms with Gasteiger partial charge in [0, 0.05) is 13.1 Å². The standard InChI is InChI=1S/C10H19NO/c1-8(12)6-11-7-10(4-5-10)9-2-3-9/h8-9,11-12H,2-7H2,1H3/t8-/m1/s1. The molecule has 0 radical (unpaired) electrons. The van der Waals surface area contributed by atoms with E-state index in [4.69, 9.17) is 5.11 Å². The topological polar surface area (TPSA) is 32.3 Å². The predicted octanol–water partition coefficient (Wildman–Crippen LogP) is 1.15. The molecule has 2 N–H and O–H groups in total. The molecule has 12 heavy (non-hydrogen) atoms. The molecule has 2 aliphatic carbocycles. The second-order valence-corrected chi connectivity index (χ2v) is 4.62. The van der Waals surface area contributed by atoms with Crippen LogP contribution in [0, 0.1) is 11.3 Å². The minimum atomic E-state index is -0.194. The zero-order chi connectivity index (χ0) is 8.60. The molecule has 0 heterocycles. The largest absolute Gasteiger partial charge is 0.392 e. The lowest BCUT2D eigenvalue weighted by Gasteiger charge is -2.15. The Balaban J connectivity index is 1.65. The van der Waals surface area contributed by atoms with Crippen LogP contribution in [0.2, 0.25) is 0 Å². The van der Waals surface area contributed by atoms with Crippen molar-refractivity contribution in [3.8, 4) is 0 Å². The van der Waals surface area contributed by atoms with Gasteiger partial charge in [0.05, 0.1) is 6.10 Å². The smallest absolute Gasteiger partial charge is 0.0636 e. The van der Waals surface area contributed by atoms with Crippen LogP contribution in [-0.4, -0.2) is 24.3 Å². The summed E-state index contributed by atoms with van der Waals surface area (Å²) < 4.78 is 0. The first-order valence-electron chi connectivity index (χ1n) is 5.12. The van der Waals surface area contributed by atoms with Gasteiger partial charge in [0.2, 0.25) is 0 Å². The SMILES string of the molecule is C[C@@H](O)CNCC1(C2CC2)CC1. The molecule has 0 amide bonds. The second kappa shape index (κ2) is 3.00. The summed E-state index contributed by atoms with van der Waals surface area (Å²) in [6.07, 6.45) is 5.56. The van der Waals surface area contributed by atoms with E-state index < -0.39 is 0 Å². The summed E-state index contributed by atoms with van der Waals surface area (Å²) in [7, 11) is 0. The Kier molecular flexibility index (Phi) is 2.13. The summed E-state index contributed by atoms with van der Waals surface area (Å²) >= 11 is 0. The van der Waals surface area contributed by atoms with Gasteiger partial charge in [-0.2, -0.15) is 0 Å². The van der Waals surface area contributed by atoms with Crippen molar-refractivity contribution in [3.05, 3.63) is 0 Å². The first-order valence-corrected chi connectivity index (χ1v) is 5.12. The first-order chi connectivity index (χ1) is 5.73. The number of hydrogen-bond donors (Lipinski definition) is 2. The highest BCUT2D eigenvalue weighted by Gasteiger charge is 2.53. The molecule has 0 unspecified atom stereocenters. The van der Waals surface area contributed by atoms with E-state index in [0.29, 0.717) is 5.41 Å². The van der Waals surface area contributed by atoms with Crippen LogP contribution in [0.5, 0.6) is 0 Å². The molecule has 70 valence electrons. The summed E-state index contributed by atoms with van der Waals surface area (Å²) in [4.78, 5) is 0. The fourth-order valence-corrected chi connectivity index (χ4v) is 2.12. The quantitative estimate of drug-likeness (QED) is 0.647. The molecule has 2 rings (SSSR count). The molecule has 0 aromatic carbocycles. The Bertz CT molecular complexity index is 159. The zero-order valence-corrected chi connectivity index (χ0v) is 7.84. The van der Waals surface area contributed by atoms with Gasteiger partial charge in [0.1, 0.15) is 0 Å². The molecule has 2 aliphatic rings. The van der Waals surface area contributed by atoms with Crippen LogP contribution in [-0.2, 0) is 0 Å².